The van der Waals surface area contributed by atoms with Gasteiger partial charge in [0.1, 0.15) is 5.75 Å². The van der Waals surface area contributed by atoms with Gasteiger partial charge in [-0.25, -0.2) is 0 Å². The molecule has 20 heavy (non-hydrogen) atoms. The Morgan fingerprint density at radius 2 is 1.80 bits per heavy atom. The lowest BCUT2D eigenvalue weighted by Gasteiger charge is -2.38. The van der Waals surface area contributed by atoms with Crippen molar-refractivity contribution in [3.63, 3.8) is 0 Å². The molecule has 0 atom stereocenters. The van der Waals surface area contributed by atoms with Gasteiger partial charge < -0.3 is 10.8 Å². The van der Waals surface area contributed by atoms with E-state index in [1.165, 1.54) is 0 Å². The SMILES string of the molecule is NCC1(c2c(O)cc(C(F)(F)F)cc2Cl)CCCCC1. The summed E-state index contributed by atoms with van der Waals surface area (Å²) < 4.78 is 38.1. The lowest BCUT2D eigenvalue weighted by molar-refractivity contribution is -0.137. The van der Waals surface area contributed by atoms with Crippen molar-refractivity contribution < 1.29 is 18.3 Å². The Labute approximate surface area is 120 Å². The number of phenols is 1. The average molecular weight is 308 g/mol. The molecule has 0 spiro atoms. The van der Waals surface area contributed by atoms with Crippen molar-refractivity contribution in [2.45, 2.75) is 43.7 Å². The van der Waals surface area contributed by atoms with Crippen LogP contribution < -0.4 is 5.73 Å². The molecule has 1 aliphatic rings. The highest BCUT2D eigenvalue weighted by atomic mass is 35.5. The van der Waals surface area contributed by atoms with Crippen LogP contribution in [0.2, 0.25) is 5.02 Å². The number of rotatable bonds is 2. The molecule has 0 aliphatic heterocycles. The number of benzene rings is 1. The molecule has 0 heterocycles. The van der Waals surface area contributed by atoms with Gasteiger partial charge in [-0.3, -0.25) is 0 Å². The topological polar surface area (TPSA) is 46.2 Å². The van der Waals surface area contributed by atoms with E-state index in [4.69, 9.17) is 17.3 Å². The zero-order valence-electron chi connectivity index (χ0n) is 10.9. The summed E-state index contributed by atoms with van der Waals surface area (Å²) in [5.74, 6) is -0.405. The minimum Gasteiger partial charge on any atom is -0.508 e. The molecule has 1 aromatic carbocycles. The zero-order chi connectivity index (χ0) is 15.0. The van der Waals surface area contributed by atoms with Crippen molar-refractivity contribution in [3.8, 4) is 5.75 Å². The monoisotopic (exact) mass is 307 g/mol. The first-order valence-corrected chi connectivity index (χ1v) is 6.98. The summed E-state index contributed by atoms with van der Waals surface area (Å²) >= 11 is 6.03. The molecule has 0 radical (unpaired) electrons. The van der Waals surface area contributed by atoms with Crippen molar-refractivity contribution in [1.82, 2.24) is 0 Å². The molecule has 1 aromatic rings. The minimum absolute atomic E-state index is 0.0512. The third-order valence-corrected chi connectivity index (χ3v) is 4.43. The van der Waals surface area contributed by atoms with Crippen LogP contribution in [-0.4, -0.2) is 11.7 Å². The predicted molar refractivity (Wildman–Crippen MR) is 71.9 cm³/mol. The number of phenolic OH excluding ortho intramolecular Hbond substituents is 1. The number of aromatic hydroxyl groups is 1. The average Bonchev–Trinajstić information content (AvgIpc) is 2.38. The highest BCUT2D eigenvalue weighted by molar-refractivity contribution is 6.31. The van der Waals surface area contributed by atoms with E-state index in [0.29, 0.717) is 5.56 Å². The Hall–Kier alpha value is -0.940. The van der Waals surface area contributed by atoms with E-state index in [0.717, 1.165) is 44.2 Å². The van der Waals surface area contributed by atoms with Gasteiger partial charge in [-0.05, 0) is 25.0 Å². The number of hydrogen-bond acceptors (Lipinski definition) is 2. The normalized spacial score (nSPS) is 19.1. The summed E-state index contributed by atoms with van der Waals surface area (Å²) in [6, 6.07) is 1.62. The Kier molecular flexibility index (Phi) is 4.21. The van der Waals surface area contributed by atoms with Gasteiger partial charge in [0.05, 0.1) is 5.56 Å². The largest absolute Gasteiger partial charge is 0.508 e. The fourth-order valence-corrected chi connectivity index (χ4v) is 3.48. The molecular weight excluding hydrogens is 291 g/mol. The predicted octanol–water partition coefficient (Wildman–Crippen LogP) is 4.23. The summed E-state index contributed by atoms with van der Waals surface area (Å²) in [4.78, 5) is 0. The molecule has 112 valence electrons. The van der Waals surface area contributed by atoms with Gasteiger partial charge in [-0.15, -0.1) is 0 Å². The Bertz CT molecular complexity index is 473. The molecule has 0 bridgehead atoms. The Morgan fingerprint density at radius 1 is 1.20 bits per heavy atom. The van der Waals surface area contributed by atoms with Crippen molar-refractivity contribution >= 4 is 11.6 Å². The van der Waals surface area contributed by atoms with Gasteiger partial charge >= 0.3 is 6.18 Å². The molecule has 0 unspecified atom stereocenters. The molecule has 0 amide bonds. The van der Waals surface area contributed by atoms with Crippen molar-refractivity contribution in [2.24, 2.45) is 5.73 Å². The number of halogens is 4. The summed E-state index contributed by atoms with van der Waals surface area (Å²) in [5, 5.41) is 9.99. The fraction of sp³-hybridized carbons (Fsp3) is 0.571. The maximum absolute atomic E-state index is 12.7. The summed E-state index contributed by atoms with van der Waals surface area (Å²) in [6.45, 7) is 0.269. The van der Waals surface area contributed by atoms with E-state index in [-0.39, 0.29) is 11.6 Å². The van der Waals surface area contributed by atoms with Gasteiger partial charge in [0.15, 0.2) is 0 Å². The molecule has 6 heteroatoms. The molecule has 3 N–H and O–H groups in total. The van der Waals surface area contributed by atoms with Crippen LogP contribution in [0.25, 0.3) is 0 Å². The second-order valence-corrected chi connectivity index (χ2v) is 5.80. The van der Waals surface area contributed by atoms with E-state index in [9.17, 15) is 18.3 Å². The van der Waals surface area contributed by atoms with Gasteiger partial charge in [-0.2, -0.15) is 13.2 Å². The smallest absolute Gasteiger partial charge is 0.416 e. The summed E-state index contributed by atoms with van der Waals surface area (Å²) in [6.07, 6.45) is -0.102. The van der Waals surface area contributed by atoms with Gasteiger partial charge in [0.25, 0.3) is 0 Å². The summed E-state index contributed by atoms with van der Waals surface area (Å²) in [5.41, 5.74) is 4.76. The quantitative estimate of drug-likeness (QED) is 0.859. The Morgan fingerprint density at radius 3 is 2.25 bits per heavy atom. The Balaban J connectivity index is 2.51. The zero-order valence-corrected chi connectivity index (χ0v) is 11.7. The number of nitrogens with two attached hydrogens (primary N) is 1. The van der Waals surface area contributed by atoms with Crippen molar-refractivity contribution in [3.05, 3.63) is 28.3 Å². The van der Waals surface area contributed by atoms with E-state index in [1.54, 1.807) is 0 Å². The third-order valence-electron chi connectivity index (χ3n) is 4.13. The van der Waals surface area contributed by atoms with E-state index >= 15 is 0 Å². The second kappa shape index (κ2) is 5.45. The van der Waals surface area contributed by atoms with Crippen LogP contribution in [0.1, 0.15) is 43.2 Å². The molecule has 2 rings (SSSR count). The molecule has 1 saturated carbocycles. The van der Waals surface area contributed by atoms with Crippen molar-refractivity contribution in [2.75, 3.05) is 6.54 Å². The molecular formula is C14H17ClF3NO. The van der Waals surface area contributed by atoms with Gasteiger partial charge in [0.2, 0.25) is 0 Å². The van der Waals surface area contributed by atoms with E-state index in [1.807, 2.05) is 0 Å². The molecule has 2 nitrogen and oxygen atoms in total. The van der Waals surface area contributed by atoms with Crippen LogP contribution in [-0.2, 0) is 11.6 Å². The highest BCUT2D eigenvalue weighted by Gasteiger charge is 2.39. The van der Waals surface area contributed by atoms with Crippen molar-refractivity contribution in [1.29, 1.82) is 0 Å². The van der Waals surface area contributed by atoms with Crippen LogP contribution in [0, 0.1) is 0 Å². The number of hydrogen-bond donors (Lipinski definition) is 2. The first-order chi connectivity index (χ1) is 9.30. The van der Waals surface area contributed by atoms with E-state index in [2.05, 4.69) is 0 Å². The number of alkyl halides is 3. The second-order valence-electron chi connectivity index (χ2n) is 5.40. The van der Waals surface area contributed by atoms with Crippen LogP contribution in [0.4, 0.5) is 13.2 Å². The molecule has 0 aromatic heterocycles. The third kappa shape index (κ3) is 2.74. The standard InChI is InChI=1S/C14H17ClF3NO/c15-10-6-9(14(16,17)18)7-11(20)12(10)13(8-19)4-2-1-3-5-13/h6-7,20H,1-5,8,19H2. The molecule has 1 aliphatic carbocycles. The first-order valence-electron chi connectivity index (χ1n) is 6.60. The van der Waals surface area contributed by atoms with Crippen LogP contribution in [0.5, 0.6) is 5.75 Å². The summed E-state index contributed by atoms with van der Waals surface area (Å²) in [7, 11) is 0. The van der Waals surface area contributed by atoms with E-state index < -0.39 is 22.9 Å². The molecule has 1 fully saturated rings. The van der Waals surface area contributed by atoms with Crippen LogP contribution in [0.15, 0.2) is 12.1 Å². The first kappa shape index (κ1) is 15.4. The maximum Gasteiger partial charge on any atom is 0.416 e. The maximum atomic E-state index is 12.7. The lowest BCUT2D eigenvalue weighted by atomic mass is 9.69. The van der Waals surface area contributed by atoms with Gasteiger partial charge in [0, 0.05) is 22.5 Å². The van der Waals surface area contributed by atoms with Crippen LogP contribution in [0.3, 0.4) is 0 Å². The van der Waals surface area contributed by atoms with Crippen LogP contribution >= 0.6 is 11.6 Å². The lowest BCUT2D eigenvalue weighted by Crippen LogP contribution is -2.37. The molecule has 0 saturated heterocycles. The fourth-order valence-electron chi connectivity index (χ4n) is 3.07. The van der Waals surface area contributed by atoms with Gasteiger partial charge in [-0.1, -0.05) is 30.9 Å². The highest BCUT2D eigenvalue weighted by Crippen LogP contribution is 2.47. The minimum atomic E-state index is -4.53.